The molecule has 1 aliphatic carbocycles. The number of rotatable bonds is 5. The average molecular weight is 362 g/mol. The number of aliphatic carboxylic acids is 1. The fourth-order valence-electron chi connectivity index (χ4n) is 2.77. The molecular formula is C15H17ClFNO4S. The standard InChI is InChI=1S/C15H17ClFNO4S/c1-2-9-4-3-5-13(14(9)15(19)20)23(21,22)18-12-7-6-10(17)8-11(12)16/h6-8,13,18H,2-5H2,1H3,(H,19,20)/t13-/m1/s1. The maximum absolute atomic E-state index is 13.1. The maximum atomic E-state index is 13.1. The molecule has 2 rings (SSSR count). The van der Waals surface area contributed by atoms with Crippen molar-refractivity contribution in [2.24, 2.45) is 0 Å². The third-order valence-electron chi connectivity index (χ3n) is 3.86. The molecular weight excluding hydrogens is 345 g/mol. The molecule has 0 spiro atoms. The lowest BCUT2D eigenvalue weighted by Gasteiger charge is -2.26. The summed E-state index contributed by atoms with van der Waals surface area (Å²) in [6.07, 6.45) is 1.90. The van der Waals surface area contributed by atoms with Gasteiger partial charge in [0.15, 0.2) is 0 Å². The number of allylic oxidation sites excluding steroid dienone is 1. The molecule has 0 unspecified atom stereocenters. The van der Waals surface area contributed by atoms with Crippen LogP contribution in [0.25, 0.3) is 0 Å². The fourth-order valence-corrected chi connectivity index (χ4v) is 4.72. The summed E-state index contributed by atoms with van der Waals surface area (Å²) >= 11 is 5.83. The molecule has 0 heterocycles. The molecule has 1 aromatic carbocycles. The highest BCUT2D eigenvalue weighted by atomic mass is 35.5. The second-order valence-corrected chi connectivity index (χ2v) is 7.60. The van der Waals surface area contributed by atoms with Gasteiger partial charge in [0.05, 0.1) is 16.3 Å². The molecule has 0 amide bonds. The van der Waals surface area contributed by atoms with E-state index in [2.05, 4.69) is 4.72 Å². The highest BCUT2D eigenvalue weighted by Gasteiger charge is 2.37. The predicted octanol–water partition coefficient (Wildman–Crippen LogP) is 3.56. The summed E-state index contributed by atoms with van der Waals surface area (Å²) in [6, 6.07) is 3.28. The summed E-state index contributed by atoms with van der Waals surface area (Å²) in [4.78, 5) is 11.5. The second kappa shape index (κ2) is 6.88. The molecule has 0 saturated carbocycles. The van der Waals surface area contributed by atoms with Crippen LogP contribution in [-0.2, 0) is 14.8 Å². The SMILES string of the molecule is CCC1=C(C(=O)O)[C@H](S(=O)(=O)Nc2ccc(F)cc2Cl)CCC1. The molecule has 0 bridgehead atoms. The molecule has 8 heteroatoms. The van der Waals surface area contributed by atoms with Gasteiger partial charge in [0.25, 0.3) is 0 Å². The van der Waals surface area contributed by atoms with E-state index >= 15 is 0 Å². The Bertz CT molecular complexity index is 761. The molecule has 0 aromatic heterocycles. The molecule has 0 fully saturated rings. The van der Waals surface area contributed by atoms with Crippen LogP contribution < -0.4 is 4.72 Å². The summed E-state index contributed by atoms with van der Waals surface area (Å²) in [6.45, 7) is 1.80. The van der Waals surface area contributed by atoms with Crippen molar-refractivity contribution in [2.75, 3.05) is 4.72 Å². The highest BCUT2D eigenvalue weighted by Crippen LogP contribution is 2.33. The molecule has 0 saturated heterocycles. The lowest BCUT2D eigenvalue weighted by atomic mass is 9.90. The van der Waals surface area contributed by atoms with Gasteiger partial charge in [0.2, 0.25) is 10.0 Å². The van der Waals surface area contributed by atoms with E-state index in [1.54, 1.807) is 6.92 Å². The first-order chi connectivity index (χ1) is 10.8. The Morgan fingerprint density at radius 2 is 2.17 bits per heavy atom. The Balaban J connectivity index is 2.40. The van der Waals surface area contributed by atoms with Gasteiger partial charge in [-0.1, -0.05) is 24.1 Å². The van der Waals surface area contributed by atoms with Crippen LogP contribution in [0.2, 0.25) is 5.02 Å². The van der Waals surface area contributed by atoms with Gasteiger partial charge < -0.3 is 5.11 Å². The Morgan fingerprint density at radius 1 is 1.48 bits per heavy atom. The molecule has 5 nitrogen and oxygen atoms in total. The van der Waals surface area contributed by atoms with E-state index in [4.69, 9.17) is 11.6 Å². The van der Waals surface area contributed by atoms with Gasteiger partial charge in [-0.2, -0.15) is 0 Å². The van der Waals surface area contributed by atoms with Gasteiger partial charge in [-0.05, 0) is 43.9 Å². The smallest absolute Gasteiger partial charge is 0.332 e. The minimum Gasteiger partial charge on any atom is -0.478 e. The number of carboxylic acids is 1. The van der Waals surface area contributed by atoms with Gasteiger partial charge in [-0.15, -0.1) is 0 Å². The van der Waals surface area contributed by atoms with Gasteiger partial charge in [-0.25, -0.2) is 17.6 Å². The van der Waals surface area contributed by atoms with E-state index in [1.165, 1.54) is 6.07 Å². The van der Waals surface area contributed by atoms with E-state index < -0.39 is 27.1 Å². The Morgan fingerprint density at radius 3 is 2.74 bits per heavy atom. The van der Waals surface area contributed by atoms with Crippen molar-refractivity contribution in [3.63, 3.8) is 0 Å². The number of nitrogens with one attached hydrogen (secondary N) is 1. The number of halogens is 2. The van der Waals surface area contributed by atoms with Crippen molar-refractivity contribution in [1.82, 2.24) is 0 Å². The maximum Gasteiger partial charge on any atom is 0.332 e. The van der Waals surface area contributed by atoms with E-state index in [0.717, 1.165) is 12.1 Å². The predicted molar refractivity (Wildman–Crippen MR) is 86.5 cm³/mol. The van der Waals surface area contributed by atoms with Crippen molar-refractivity contribution in [1.29, 1.82) is 0 Å². The molecule has 0 aliphatic heterocycles. The summed E-state index contributed by atoms with van der Waals surface area (Å²) in [7, 11) is -4.00. The Labute approximate surface area is 139 Å². The summed E-state index contributed by atoms with van der Waals surface area (Å²) in [5, 5.41) is 8.17. The van der Waals surface area contributed by atoms with Crippen molar-refractivity contribution in [3.8, 4) is 0 Å². The number of carboxylic acid groups (broad SMARTS) is 1. The molecule has 2 N–H and O–H groups in total. The lowest BCUT2D eigenvalue weighted by molar-refractivity contribution is -0.132. The number of hydrogen-bond donors (Lipinski definition) is 2. The highest BCUT2D eigenvalue weighted by molar-refractivity contribution is 7.93. The quantitative estimate of drug-likeness (QED) is 0.839. The Kier molecular flexibility index (Phi) is 5.31. The van der Waals surface area contributed by atoms with Crippen molar-refractivity contribution < 1.29 is 22.7 Å². The largest absolute Gasteiger partial charge is 0.478 e. The lowest BCUT2D eigenvalue weighted by Crippen LogP contribution is -2.35. The van der Waals surface area contributed by atoms with Gasteiger partial charge in [0.1, 0.15) is 11.1 Å². The van der Waals surface area contributed by atoms with Crippen LogP contribution in [-0.4, -0.2) is 24.7 Å². The molecule has 1 atom stereocenters. The normalized spacial score (nSPS) is 18.8. The van der Waals surface area contributed by atoms with E-state index in [-0.39, 0.29) is 22.7 Å². The number of carbonyl (C=O) groups is 1. The first kappa shape index (κ1) is 17.7. The van der Waals surface area contributed by atoms with Gasteiger partial charge in [-0.3, -0.25) is 4.72 Å². The zero-order valence-electron chi connectivity index (χ0n) is 12.5. The van der Waals surface area contributed by atoms with Gasteiger partial charge in [0, 0.05) is 0 Å². The first-order valence-electron chi connectivity index (χ1n) is 7.18. The summed E-state index contributed by atoms with van der Waals surface area (Å²) in [5.41, 5.74) is 0.607. The van der Waals surface area contributed by atoms with Crippen LogP contribution >= 0.6 is 11.6 Å². The monoisotopic (exact) mass is 361 g/mol. The number of anilines is 1. The second-order valence-electron chi connectivity index (χ2n) is 5.33. The van der Waals surface area contributed by atoms with Crippen molar-refractivity contribution in [2.45, 2.75) is 37.9 Å². The van der Waals surface area contributed by atoms with E-state index in [9.17, 15) is 22.7 Å². The number of benzene rings is 1. The Hall–Kier alpha value is -1.60. The minimum atomic E-state index is -4.00. The van der Waals surface area contributed by atoms with Crippen LogP contribution in [0.3, 0.4) is 0 Å². The number of hydrogen-bond acceptors (Lipinski definition) is 3. The molecule has 1 aliphatic rings. The molecule has 0 radical (unpaired) electrons. The zero-order chi connectivity index (χ0) is 17.2. The van der Waals surface area contributed by atoms with Gasteiger partial charge >= 0.3 is 5.97 Å². The van der Waals surface area contributed by atoms with Crippen LogP contribution in [0.4, 0.5) is 10.1 Å². The first-order valence-corrected chi connectivity index (χ1v) is 9.10. The third-order valence-corrected chi connectivity index (χ3v) is 5.90. The van der Waals surface area contributed by atoms with E-state index in [0.29, 0.717) is 24.8 Å². The van der Waals surface area contributed by atoms with E-state index in [1.807, 2.05) is 0 Å². The molecule has 23 heavy (non-hydrogen) atoms. The van der Waals surface area contributed by atoms with Crippen LogP contribution in [0.5, 0.6) is 0 Å². The molecule has 126 valence electrons. The number of sulfonamides is 1. The minimum absolute atomic E-state index is 0.0291. The average Bonchev–Trinajstić information content (AvgIpc) is 2.49. The fraction of sp³-hybridized carbons (Fsp3) is 0.400. The molecule has 1 aromatic rings. The third kappa shape index (κ3) is 3.84. The van der Waals surface area contributed by atoms with Crippen LogP contribution in [0, 0.1) is 5.82 Å². The zero-order valence-corrected chi connectivity index (χ0v) is 14.0. The summed E-state index contributed by atoms with van der Waals surface area (Å²) in [5.74, 6) is -1.81. The van der Waals surface area contributed by atoms with Crippen molar-refractivity contribution >= 4 is 33.3 Å². The summed E-state index contributed by atoms with van der Waals surface area (Å²) < 4.78 is 40.6. The topological polar surface area (TPSA) is 83.5 Å². The van der Waals surface area contributed by atoms with Crippen LogP contribution in [0.1, 0.15) is 32.6 Å². The van der Waals surface area contributed by atoms with Crippen LogP contribution in [0.15, 0.2) is 29.3 Å². The van der Waals surface area contributed by atoms with Crippen molar-refractivity contribution in [3.05, 3.63) is 40.2 Å².